The Balaban J connectivity index is 2.73. The molecule has 3 heteroatoms. The molecule has 0 saturated heterocycles. The third-order valence-electron chi connectivity index (χ3n) is 1.04. The third-order valence-corrected chi connectivity index (χ3v) is 1.98. The first-order valence-electron chi connectivity index (χ1n) is 2.54. The highest BCUT2D eigenvalue weighted by Crippen LogP contribution is 2.14. The Kier molecular flexibility index (Phi) is 2.11. The van der Waals surface area contributed by atoms with Gasteiger partial charge in [-0.1, -0.05) is 12.2 Å². The van der Waals surface area contributed by atoms with Gasteiger partial charge in [-0.25, -0.2) is 0 Å². The lowest BCUT2D eigenvalue weighted by atomic mass is 10.4. The van der Waals surface area contributed by atoms with Crippen molar-refractivity contribution in [2.24, 2.45) is 0 Å². The van der Waals surface area contributed by atoms with E-state index in [2.05, 4.69) is 28.8 Å². The van der Waals surface area contributed by atoms with Gasteiger partial charge in [0.1, 0.15) is 0 Å². The van der Waals surface area contributed by atoms with E-state index in [0.717, 1.165) is 3.70 Å². The summed E-state index contributed by atoms with van der Waals surface area (Å²) in [6.45, 7) is 0.714. The molecule has 9 heavy (non-hydrogen) atoms. The monoisotopic (exact) mass is 232 g/mol. The summed E-state index contributed by atoms with van der Waals surface area (Å²) in [5.41, 5.74) is 0. The lowest BCUT2D eigenvalue weighted by Crippen LogP contribution is -2.15. The van der Waals surface area contributed by atoms with E-state index in [9.17, 15) is 0 Å². The first-order chi connectivity index (χ1) is 4.34. The van der Waals surface area contributed by atoms with Crippen molar-refractivity contribution < 1.29 is 0 Å². The van der Waals surface area contributed by atoms with Gasteiger partial charge >= 0.3 is 0 Å². The first kappa shape index (κ1) is 6.62. The highest BCUT2D eigenvalue weighted by atomic mass is 127. The van der Waals surface area contributed by atoms with Gasteiger partial charge in [-0.2, -0.15) is 5.26 Å². The van der Waals surface area contributed by atoms with Crippen molar-refractivity contribution in [3.8, 4) is 6.19 Å². The zero-order valence-electron chi connectivity index (χ0n) is 4.71. The number of halogens is 1. The fraction of sp³-hybridized carbons (Fsp3) is 0.167. The molecule has 0 aromatic heterocycles. The summed E-state index contributed by atoms with van der Waals surface area (Å²) in [7, 11) is 0. The highest BCUT2D eigenvalue weighted by molar-refractivity contribution is 14.1. The zero-order chi connectivity index (χ0) is 6.69. The van der Waals surface area contributed by atoms with E-state index >= 15 is 0 Å². The average molecular weight is 232 g/mol. The molecule has 0 aromatic rings. The number of rotatable bonds is 0. The van der Waals surface area contributed by atoms with Gasteiger partial charge < -0.3 is 0 Å². The summed E-state index contributed by atoms with van der Waals surface area (Å²) < 4.78 is 0.984. The fourth-order valence-corrected chi connectivity index (χ4v) is 1.09. The molecule has 0 bridgehead atoms. The second kappa shape index (κ2) is 2.87. The minimum absolute atomic E-state index is 0.714. The second-order valence-electron chi connectivity index (χ2n) is 1.63. The normalized spacial score (nSPS) is 16.9. The van der Waals surface area contributed by atoms with Crippen molar-refractivity contribution in [2.75, 3.05) is 6.54 Å². The second-order valence-corrected chi connectivity index (χ2v) is 2.73. The van der Waals surface area contributed by atoms with Crippen LogP contribution in [-0.4, -0.2) is 11.4 Å². The number of hydrogen-bond acceptors (Lipinski definition) is 2. The van der Waals surface area contributed by atoms with Gasteiger partial charge in [-0.3, -0.25) is 4.90 Å². The van der Waals surface area contributed by atoms with Gasteiger partial charge in [-0.05, 0) is 28.7 Å². The van der Waals surface area contributed by atoms with Crippen molar-refractivity contribution in [1.29, 1.82) is 5.26 Å². The summed E-state index contributed by atoms with van der Waals surface area (Å²) in [5, 5.41) is 8.46. The third kappa shape index (κ3) is 1.45. The van der Waals surface area contributed by atoms with Crippen LogP contribution in [0.25, 0.3) is 0 Å². The van der Waals surface area contributed by atoms with E-state index in [1.807, 2.05) is 18.2 Å². The van der Waals surface area contributed by atoms with Crippen LogP contribution in [0.4, 0.5) is 0 Å². The average Bonchev–Trinajstić information content (AvgIpc) is 1.89. The number of hydrogen-bond donors (Lipinski definition) is 0. The summed E-state index contributed by atoms with van der Waals surface area (Å²) in [6.07, 6.45) is 7.87. The van der Waals surface area contributed by atoms with Crippen LogP contribution >= 0.6 is 22.6 Å². The lowest BCUT2D eigenvalue weighted by molar-refractivity contribution is 0.574. The van der Waals surface area contributed by atoms with Crippen molar-refractivity contribution in [3.63, 3.8) is 0 Å². The molecule has 0 spiro atoms. The van der Waals surface area contributed by atoms with Crippen LogP contribution in [0.15, 0.2) is 21.9 Å². The first-order valence-corrected chi connectivity index (χ1v) is 3.62. The van der Waals surface area contributed by atoms with Crippen molar-refractivity contribution in [3.05, 3.63) is 21.9 Å². The molecule has 2 nitrogen and oxygen atoms in total. The number of allylic oxidation sites excluding steroid dienone is 2. The standard InChI is InChI=1S/C6H5IN2/c7-6-3-1-2-4-9(6)5-8/h1-3H,4H2. The van der Waals surface area contributed by atoms with Gasteiger partial charge in [-0.15, -0.1) is 0 Å². The Morgan fingerprint density at radius 3 is 3.00 bits per heavy atom. The Bertz CT molecular complexity index is 200. The predicted octanol–water partition coefficient (Wildman–Crippen LogP) is 1.62. The highest BCUT2D eigenvalue weighted by Gasteiger charge is 2.03. The van der Waals surface area contributed by atoms with Crippen LogP contribution in [0.3, 0.4) is 0 Å². The summed E-state index contributed by atoms with van der Waals surface area (Å²) in [4.78, 5) is 1.63. The molecular weight excluding hydrogens is 227 g/mol. The molecule has 1 aliphatic rings. The van der Waals surface area contributed by atoms with Gasteiger partial charge in [0, 0.05) is 0 Å². The van der Waals surface area contributed by atoms with Crippen LogP contribution in [0, 0.1) is 11.5 Å². The largest absolute Gasteiger partial charge is 0.270 e. The maximum Gasteiger partial charge on any atom is 0.184 e. The summed E-state index contributed by atoms with van der Waals surface area (Å²) >= 11 is 2.13. The number of nitriles is 1. The van der Waals surface area contributed by atoms with Crippen LogP contribution in [0.1, 0.15) is 0 Å². The van der Waals surface area contributed by atoms with Crippen molar-refractivity contribution >= 4 is 22.6 Å². The Labute approximate surface area is 67.6 Å². The molecule has 0 aromatic carbocycles. The molecule has 0 aliphatic carbocycles. The van der Waals surface area contributed by atoms with Crippen molar-refractivity contribution in [1.82, 2.24) is 4.90 Å². The Morgan fingerprint density at radius 2 is 2.56 bits per heavy atom. The quantitative estimate of drug-likeness (QED) is 0.360. The molecule has 1 aliphatic heterocycles. The minimum Gasteiger partial charge on any atom is -0.270 e. The molecule has 0 fully saturated rings. The fourth-order valence-electron chi connectivity index (χ4n) is 0.579. The van der Waals surface area contributed by atoms with E-state index in [-0.39, 0.29) is 0 Å². The molecule has 0 unspecified atom stereocenters. The lowest BCUT2D eigenvalue weighted by Gasteiger charge is -2.13. The van der Waals surface area contributed by atoms with Gasteiger partial charge in [0.2, 0.25) is 0 Å². The zero-order valence-corrected chi connectivity index (χ0v) is 6.87. The number of nitrogens with zero attached hydrogens (tertiary/aromatic N) is 2. The van der Waals surface area contributed by atoms with Crippen molar-refractivity contribution in [2.45, 2.75) is 0 Å². The molecule has 46 valence electrons. The molecule has 0 atom stereocenters. The SMILES string of the molecule is N#CN1CC=CC=C1I. The van der Waals surface area contributed by atoms with Crippen LogP contribution in [0.2, 0.25) is 0 Å². The van der Waals surface area contributed by atoms with Gasteiger partial charge in [0.15, 0.2) is 6.19 Å². The molecule has 0 amide bonds. The maximum atomic E-state index is 8.46. The Hall–Kier alpha value is -0.500. The van der Waals surface area contributed by atoms with E-state index in [1.54, 1.807) is 4.90 Å². The Morgan fingerprint density at radius 1 is 1.78 bits per heavy atom. The molecule has 0 saturated carbocycles. The molecular formula is C6H5IN2. The van der Waals surface area contributed by atoms with E-state index in [0.29, 0.717) is 6.54 Å². The molecule has 1 heterocycles. The maximum absolute atomic E-state index is 8.46. The van der Waals surface area contributed by atoms with E-state index in [1.165, 1.54) is 0 Å². The molecule has 1 rings (SSSR count). The minimum atomic E-state index is 0.714. The van der Waals surface area contributed by atoms with Gasteiger partial charge in [0.25, 0.3) is 0 Å². The van der Waals surface area contributed by atoms with E-state index in [4.69, 9.17) is 5.26 Å². The van der Waals surface area contributed by atoms with Crippen LogP contribution in [0.5, 0.6) is 0 Å². The van der Waals surface area contributed by atoms with Crippen LogP contribution in [-0.2, 0) is 0 Å². The molecule has 0 radical (unpaired) electrons. The predicted molar refractivity (Wildman–Crippen MR) is 43.6 cm³/mol. The van der Waals surface area contributed by atoms with Gasteiger partial charge in [0.05, 0.1) is 10.2 Å². The van der Waals surface area contributed by atoms with Crippen LogP contribution < -0.4 is 0 Å². The summed E-state index contributed by atoms with van der Waals surface area (Å²) in [5.74, 6) is 0. The summed E-state index contributed by atoms with van der Waals surface area (Å²) in [6, 6.07) is 0. The van der Waals surface area contributed by atoms with E-state index < -0.39 is 0 Å². The topological polar surface area (TPSA) is 27.0 Å². The molecule has 0 N–H and O–H groups in total. The smallest absolute Gasteiger partial charge is 0.184 e.